The number of ketones is 2. The summed E-state index contributed by atoms with van der Waals surface area (Å²) in [4.78, 5) is 43.7. The van der Waals surface area contributed by atoms with Crippen LogP contribution < -0.4 is 21.3 Å². The molecule has 5 aliphatic carbocycles. The number of esters is 1. The lowest BCUT2D eigenvalue weighted by Crippen LogP contribution is -2.58. The van der Waals surface area contributed by atoms with E-state index in [1.807, 2.05) is 7.05 Å². The smallest absolute Gasteiger partial charge is 0.350 e. The van der Waals surface area contributed by atoms with E-state index in [1.54, 1.807) is 0 Å². The Kier molecular flexibility index (Phi) is 12.3. The van der Waals surface area contributed by atoms with Crippen molar-refractivity contribution in [3.05, 3.63) is 23.3 Å². The van der Waals surface area contributed by atoms with Crippen molar-refractivity contribution in [3.63, 3.8) is 0 Å². The van der Waals surface area contributed by atoms with Gasteiger partial charge in [0, 0.05) is 36.9 Å². The number of allylic oxidation sites excluding steroid dienone is 3. The number of carbonyl (C=O) groups excluding carboxylic acids is 3. The molecule has 0 spiro atoms. The van der Waals surface area contributed by atoms with E-state index in [1.165, 1.54) is 19.3 Å². The Labute approximate surface area is 317 Å². The first-order valence-electron chi connectivity index (χ1n) is 21.5. The standard InChI is InChI=1S/C43H68N4O6/c1-4-45-36-21-30-13-7-6-12-29(30)20-31(36)26-52-40(51)43-39(50)35-15-9-8-14-34(35)38(49)42(43,53-43)24-32(25-48)28(2)23-41(17-10-5-11-18-41)33-16-19-46-37(22-33)47-27-44-3/h7,13,29-31,33-37,44-48H,4-6,8-12,14-27H2,1-3H3/t29-,30-,31-,33?,34?,35?,36+,37?,42-,43-/m0/s1. The van der Waals surface area contributed by atoms with Crippen molar-refractivity contribution < 1.29 is 29.0 Å². The summed E-state index contributed by atoms with van der Waals surface area (Å²) in [5, 5.41) is 25.1. The second kappa shape index (κ2) is 16.6. The van der Waals surface area contributed by atoms with Crippen molar-refractivity contribution in [2.75, 3.05) is 40.0 Å². The van der Waals surface area contributed by atoms with Gasteiger partial charge in [-0.05, 0) is 126 Å². The molecule has 0 aromatic rings. The molecule has 6 fully saturated rings. The SMILES string of the molecule is CCN[C@@H]1C[C@@H]2C=CCC[C@H]2C[C@H]1COC(=O)[C@]12O[C@@]1(CC(CO)=C(C)CC1(C3CCNC(NCNC)C3)CCCCC1)C(=O)C1CCCCC1C2=O. The topological polar surface area (TPSA) is 141 Å². The van der Waals surface area contributed by atoms with Crippen LogP contribution in [-0.2, 0) is 23.9 Å². The molecule has 296 valence electrons. The first kappa shape index (κ1) is 39.3. The van der Waals surface area contributed by atoms with Crippen molar-refractivity contribution in [2.24, 2.45) is 40.9 Å². The Morgan fingerprint density at radius 3 is 2.49 bits per heavy atom. The first-order valence-corrected chi connectivity index (χ1v) is 21.5. The number of carbonyl (C=O) groups is 3. The highest BCUT2D eigenvalue weighted by atomic mass is 16.7. The van der Waals surface area contributed by atoms with E-state index >= 15 is 0 Å². The van der Waals surface area contributed by atoms with Gasteiger partial charge in [-0.15, -0.1) is 0 Å². The maximum absolute atomic E-state index is 14.7. The first-order chi connectivity index (χ1) is 25.7. The molecule has 10 atom stereocenters. The summed E-state index contributed by atoms with van der Waals surface area (Å²) in [5.74, 6) is -0.223. The van der Waals surface area contributed by atoms with Gasteiger partial charge in [0.05, 0.1) is 19.4 Å². The Hall–Kier alpha value is -1.95. The summed E-state index contributed by atoms with van der Waals surface area (Å²) in [5.41, 5.74) is -1.57. The number of hydrogen-bond acceptors (Lipinski definition) is 10. The lowest BCUT2D eigenvalue weighted by Gasteiger charge is -2.48. The number of hydrogen-bond donors (Lipinski definition) is 5. The van der Waals surface area contributed by atoms with E-state index in [9.17, 15) is 19.5 Å². The summed E-state index contributed by atoms with van der Waals surface area (Å²) in [6, 6.07) is 0.221. The highest BCUT2D eigenvalue weighted by Gasteiger charge is 2.87. The third-order valence-corrected chi connectivity index (χ3v) is 15.1. The van der Waals surface area contributed by atoms with Gasteiger partial charge < -0.3 is 30.5 Å². The average molecular weight is 737 g/mol. The van der Waals surface area contributed by atoms with Crippen molar-refractivity contribution in [1.29, 1.82) is 0 Å². The number of aliphatic hydroxyl groups is 1. The summed E-state index contributed by atoms with van der Waals surface area (Å²) in [7, 11) is 1.96. The fourth-order valence-corrected chi connectivity index (χ4v) is 12.3. The molecule has 7 aliphatic rings. The van der Waals surface area contributed by atoms with E-state index in [0.29, 0.717) is 30.6 Å². The van der Waals surface area contributed by atoms with Crippen LogP contribution in [0.5, 0.6) is 0 Å². The maximum Gasteiger partial charge on any atom is 0.350 e. The zero-order valence-electron chi connectivity index (χ0n) is 32.8. The minimum Gasteiger partial charge on any atom is -0.463 e. The number of Topliss-reactive ketones (excluding diaryl/α,β-unsaturated/α-hetero) is 2. The van der Waals surface area contributed by atoms with Crippen LogP contribution in [0.4, 0.5) is 0 Å². The molecule has 2 aliphatic heterocycles. The molecular weight excluding hydrogens is 668 g/mol. The van der Waals surface area contributed by atoms with Gasteiger partial charge in [0.15, 0.2) is 17.2 Å². The quantitative estimate of drug-likeness (QED) is 0.0538. The normalized spacial score (nSPS) is 39.7. The maximum atomic E-state index is 14.7. The molecule has 7 rings (SSSR count). The molecule has 2 saturated heterocycles. The molecule has 4 unspecified atom stereocenters. The molecule has 0 bridgehead atoms. The second-order valence-corrected chi connectivity index (χ2v) is 18.0. The molecular formula is C43H68N4O6. The number of piperidine rings is 1. The minimum absolute atomic E-state index is 0.0758. The number of nitrogens with one attached hydrogen (secondary N) is 4. The zero-order chi connectivity index (χ0) is 37.2. The molecule has 0 amide bonds. The van der Waals surface area contributed by atoms with Crippen LogP contribution in [-0.4, -0.2) is 86.1 Å². The lowest BCUT2D eigenvalue weighted by molar-refractivity contribution is -0.160. The number of epoxide rings is 1. The molecule has 0 aromatic heterocycles. The monoisotopic (exact) mass is 737 g/mol. The molecule has 0 radical (unpaired) electrons. The van der Waals surface area contributed by atoms with Gasteiger partial charge in [-0.1, -0.05) is 56.8 Å². The fraction of sp³-hybridized carbons (Fsp3) is 0.837. The molecule has 5 N–H and O–H groups in total. The van der Waals surface area contributed by atoms with E-state index in [2.05, 4.69) is 47.3 Å². The molecule has 0 aromatic carbocycles. The van der Waals surface area contributed by atoms with Crippen LogP contribution >= 0.6 is 0 Å². The van der Waals surface area contributed by atoms with Crippen LogP contribution in [0.1, 0.15) is 123 Å². The third kappa shape index (κ3) is 7.39. The summed E-state index contributed by atoms with van der Waals surface area (Å²) in [6.45, 7) is 6.76. The van der Waals surface area contributed by atoms with Crippen LogP contribution in [0, 0.1) is 40.9 Å². The van der Waals surface area contributed by atoms with Gasteiger partial charge >= 0.3 is 5.97 Å². The van der Waals surface area contributed by atoms with Crippen LogP contribution in [0.25, 0.3) is 0 Å². The number of rotatable bonds is 14. The highest BCUT2D eigenvalue weighted by Crippen LogP contribution is 2.62. The predicted molar refractivity (Wildman–Crippen MR) is 205 cm³/mol. The van der Waals surface area contributed by atoms with Gasteiger partial charge in [0.2, 0.25) is 0 Å². The summed E-state index contributed by atoms with van der Waals surface area (Å²) in [6.07, 6.45) is 21.2. The number of aliphatic hydroxyl groups excluding tert-OH is 1. The summed E-state index contributed by atoms with van der Waals surface area (Å²) >= 11 is 0. The van der Waals surface area contributed by atoms with Crippen molar-refractivity contribution in [3.8, 4) is 0 Å². The highest BCUT2D eigenvalue weighted by molar-refractivity contribution is 6.23. The van der Waals surface area contributed by atoms with Crippen LogP contribution in [0.15, 0.2) is 23.3 Å². The van der Waals surface area contributed by atoms with Gasteiger partial charge in [0.1, 0.15) is 0 Å². The Bertz CT molecular complexity index is 1410. The minimum atomic E-state index is -1.91. The Morgan fingerprint density at radius 1 is 0.981 bits per heavy atom. The fourth-order valence-electron chi connectivity index (χ4n) is 12.3. The third-order valence-electron chi connectivity index (χ3n) is 15.1. The van der Waals surface area contributed by atoms with E-state index < -0.39 is 29.0 Å². The predicted octanol–water partition coefficient (Wildman–Crippen LogP) is 5.10. The van der Waals surface area contributed by atoms with Crippen molar-refractivity contribution in [1.82, 2.24) is 21.3 Å². The Balaban J connectivity index is 1.13. The molecule has 10 heteroatoms. The Morgan fingerprint density at radius 2 is 1.75 bits per heavy atom. The molecule has 53 heavy (non-hydrogen) atoms. The second-order valence-electron chi connectivity index (χ2n) is 18.0. The van der Waals surface area contributed by atoms with E-state index in [-0.39, 0.29) is 54.7 Å². The van der Waals surface area contributed by atoms with E-state index in [4.69, 9.17) is 9.47 Å². The van der Waals surface area contributed by atoms with E-state index in [0.717, 1.165) is 102 Å². The van der Waals surface area contributed by atoms with Gasteiger partial charge in [-0.3, -0.25) is 14.9 Å². The number of ether oxygens (including phenoxy) is 2. The van der Waals surface area contributed by atoms with Crippen molar-refractivity contribution >= 4 is 17.5 Å². The molecule has 2 heterocycles. The lowest BCUT2D eigenvalue weighted by atomic mass is 9.59. The average Bonchev–Trinajstić information content (AvgIpc) is 3.89. The largest absolute Gasteiger partial charge is 0.463 e. The zero-order valence-corrected chi connectivity index (χ0v) is 32.8. The summed E-state index contributed by atoms with van der Waals surface area (Å²) < 4.78 is 12.6. The van der Waals surface area contributed by atoms with Gasteiger partial charge in [-0.2, -0.15) is 0 Å². The van der Waals surface area contributed by atoms with Crippen LogP contribution in [0.2, 0.25) is 0 Å². The molecule has 4 saturated carbocycles. The van der Waals surface area contributed by atoms with Gasteiger partial charge in [-0.25, -0.2) is 4.79 Å². The molecule has 10 nitrogen and oxygen atoms in total. The van der Waals surface area contributed by atoms with Crippen molar-refractivity contribution in [2.45, 2.75) is 146 Å². The number of fused-ring (bicyclic) bond motifs is 3. The van der Waals surface area contributed by atoms with Gasteiger partial charge in [0.25, 0.3) is 5.60 Å². The van der Waals surface area contributed by atoms with Crippen LogP contribution in [0.3, 0.4) is 0 Å².